The van der Waals surface area contributed by atoms with Gasteiger partial charge in [0.2, 0.25) is 0 Å². The monoisotopic (exact) mass is 294 g/mol. The molecule has 1 aliphatic rings. The van der Waals surface area contributed by atoms with Gasteiger partial charge in [0.25, 0.3) is 0 Å². The quantitative estimate of drug-likeness (QED) is 0.701. The highest BCUT2D eigenvalue weighted by Crippen LogP contribution is 2.16. The fourth-order valence-electron chi connectivity index (χ4n) is 2.28. The Balaban J connectivity index is 2.08. The molecule has 1 rings (SSSR count). The Labute approximate surface area is 132 Å². The molecule has 0 aliphatic carbocycles. The van der Waals surface area contributed by atoms with Gasteiger partial charge < -0.3 is 4.74 Å². The van der Waals surface area contributed by atoms with Crippen LogP contribution < -0.4 is 0 Å². The smallest absolute Gasteiger partial charge is 0.0596 e. The second-order valence-electron chi connectivity index (χ2n) is 7.44. The van der Waals surface area contributed by atoms with E-state index in [1.54, 1.807) is 0 Å². The minimum absolute atomic E-state index is 0.330. The van der Waals surface area contributed by atoms with Crippen LogP contribution in [0.4, 0.5) is 0 Å². The van der Waals surface area contributed by atoms with Crippen molar-refractivity contribution in [3.63, 3.8) is 0 Å². The minimum atomic E-state index is 0.330. The van der Waals surface area contributed by atoms with Crippen LogP contribution in [0.5, 0.6) is 0 Å². The maximum Gasteiger partial charge on any atom is 0.0596 e. The van der Waals surface area contributed by atoms with Crippen molar-refractivity contribution in [3.05, 3.63) is 0 Å². The van der Waals surface area contributed by atoms with E-state index in [0.29, 0.717) is 11.5 Å². The molecule has 0 radical (unpaired) electrons. The van der Waals surface area contributed by atoms with Gasteiger partial charge in [-0.2, -0.15) is 0 Å². The molecular formula is C18H34N2O. The Hall–Kier alpha value is -0.560. The van der Waals surface area contributed by atoms with Crippen LogP contribution in [0.15, 0.2) is 0 Å². The van der Waals surface area contributed by atoms with Crippen LogP contribution >= 0.6 is 0 Å². The first-order valence-electron chi connectivity index (χ1n) is 8.39. The lowest BCUT2D eigenvalue weighted by atomic mass is 9.93. The number of ether oxygens (including phenoxy) is 1. The van der Waals surface area contributed by atoms with Gasteiger partial charge in [0.05, 0.1) is 12.7 Å². The maximum atomic E-state index is 5.62. The third-order valence-corrected chi connectivity index (χ3v) is 3.62. The topological polar surface area (TPSA) is 15.7 Å². The zero-order chi connectivity index (χ0) is 15.7. The molecule has 1 aliphatic heterocycles. The fourth-order valence-corrected chi connectivity index (χ4v) is 2.28. The summed E-state index contributed by atoms with van der Waals surface area (Å²) in [4.78, 5) is 5.04. The number of hydrogen-bond donors (Lipinski definition) is 0. The predicted octanol–water partition coefficient (Wildman–Crippen LogP) is 2.86. The summed E-state index contributed by atoms with van der Waals surface area (Å²) >= 11 is 0. The first kappa shape index (κ1) is 18.5. The van der Waals surface area contributed by atoms with Crippen molar-refractivity contribution in [3.8, 4) is 11.8 Å². The molecule has 0 atom stereocenters. The van der Waals surface area contributed by atoms with Gasteiger partial charge in [-0.25, -0.2) is 0 Å². The van der Waals surface area contributed by atoms with Crippen LogP contribution in [0.2, 0.25) is 0 Å². The number of piperazine rings is 1. The second kappa shape index (κ2) is 9.46. The molecule has 0 amide bonds. The molecule has 0 spiro atoms. The van der Waals surface area contributed by atoms with E-state index in [4.69, 9.17) is 4.74 Å². The molecule has 122 valence electrons. The molecule has 0 unspecified atom stereocenters. The predicted molar refractivity (Wildman–Crippen MR) is 90.4 cm³/mol. The summed E-state index contributed by atoms with van der Waals surface area (Å²) in [5.74, 6) is 6.63. The average molecular weight is 294 g/mol. The van der Waals surface area contributed by atoms with Crippen LogP contribution in [0.1, 0.15) is 47.5 Å². The molecule has 0 saturated carbocycles. The van der Waals surface area contributed by atoms with Crippen molar-refractivity contribution in [2.45, 2.75) is 53.6 Å². The molecule has 3 heteroatoms. The third-order valence-electron chi connectivity index (χ3n) is 3.62. The van der Waals surface area contributed by atoms with Crippen LogP contribution in [-0.4, -0.2) is 61.8 Å². The summed E-state index contributed by atoms with van der Waals surface area (Å²) < 4.78 is 5.62. The summed E-state index contributed by atoms with van der Waals surface area (Å²) in [6, 6.07) is 0. The first-order chi connectivity index (χ1) is 9.87. The van der Waals surface area contributed by atoms with E-state index in [1.807, 2.05) is 0 Å². The van der Waals surface area contributed by atoms with Gasteiger partial charge in [-0.1, -0.05) is 20.8 Å². The third kappa shape index (κ3) is 9.90. The van der Waals surface area contributed by atoms with E-state index in [0.717, 1.165) is 45.6 Å². The lowest BCUT2D eigenvalue weighted by molar-refractivity contribution is 0.0451. The lowest BCUT2D eigenvalue weighted by Gasteiger charge is -2.34. The zero-order valence-electron chi connectivity index (χ0n) is 14.7. The Morgan fingerprint density at radius 1 is 0.952 bits per heavy atom. The number of rotatable bonds is 6. The highest BCUT2D eigenvalue weighted by Gasteiger charge is 2.15. The van der Waals surface area contributed by atoms with Crippen molar-refractivity contribution in [2.24, 2.45) is 5.41 Å². The average Bonchev–Trinajstić information content (AvgIpc) is 2.38. The number of nitrogens with zero attached hydrogens (tertiary/aromatic N) is 2. The van der Waals surface area contributed by atoms with Gasteiger partial charge in [-0.05, 0) is 19.3 Å². The molecule has 1 fully saturated rings. The molecule has 1 saturated heterocycles. The Morgan fingerprint density at radius 3 is 2.05 bits per heavy atom. The van der Waals surface area contributed by atoms with Crippen molar-refractivity contribution in [1.29, 1.82) is 0 Å². The maximum absolute atomic E-state index is 5.62. The van der Waals surface area contributed by atoms with E-state index in [2.05, 4.69) is 56.3 Å². The summed E-state index contributed by atoms with van der Waals surface area (Å²) in [6.45, 7) is 18.6. The van der Waals surface area contributed by atoms with Crippen LogP contribution in [0.25, 0.3) is 0 Å². The second-order valence-corrected chi connectivity index (χ2v) is 7.44. The minimum Gasteiger partial charge on any atom is -0.377 e. The van der Waals surface area contributed by atoms with Crippen molar-refractivity contribution < 1.29 is 4.74 Å². The molecule has 0 aromatic carbocycles. The van der Waals surface area contributed by atoms with Crippen molar-refractivity contribution in [1.82, 2.24) is 9.80 Å². The van der Waals surface area contributed by atoms with Crippen molar-refractivity contribution in [2.75, 3.05) is 45.9 Å². The van der Waals surface area contributed by atoms with Gasteiger partial charge in [-0.3, -0.25) is 9.80 Å². The van der Waals surface area contributed by atoms with Gasteiger partial charge in [0.1, 0.15) is 0 Å². The molecule has 0 aromatic rings. The molecule has 3 nitrogen and oxygen atoms in total. The normalized spacial score (nSPS) is 17.8. The highest BCUT2D eigenvalue weighted by molar-refractivity contribution is 5.01. The summed E-state index contributed by atoms with van der Waals surface area (Å²) in [6.07, 6.45) is 2.35. The van der Waals surface area contributed by atoms with E-state index in [1.165, 1.54) is 13.1 Å². The summed E-state index contributed by atoms with van der Waals surface area (Å²) in [5.41, 5.74) is 0.330. The largest absolute Gasteiger partial charge is 0.377 e. The standard InChI is InChI=1S/C18H34N2O/c1-17(2)21-16-15-20-13-11-19(12-14-20)10-8-6-7-9-18(3,4)5/h17H,8-16H2,1-5H3. The molecule has 21 heavy (non-hydrogen) atoms. The van der Waals surface area contributed by atoms with E-state index in [9.17, 15) is 0 Å². The van der Waals surface area contributed by atoms with Crippen LogP contribution in [0, 0.1) is 17.3 Å². The summed E-state index contributed by atoms with van der Waals surface area (Å²) in [7, 11) is 0. The van der Waals surface area contributed by atoms with Gasteiger partial charge in [0.15, 0.2) is 0 Å². The first-order valence-corrected chi connectivity index (χ1v) is 8.39. The number of hydrogen-bond acceptors (Lipinski definition) is 3. The van der Waals surface area contributed by atoms with E-state index in [-0.39, 0.29) is 0 Å². The summed E-state index contributed by atoms with van der Waals surface area (Å²) in [5, 5.41) is 0. The molecule has 0 aromatic heterocycles. The van der Waals surface area contributed by atoms with Crippen molar-refractivity contribution >= 4 is 0 Å². The van der Waals surface area contributed by atoms with Gasteiger partial charge in [0, 0.05) is 52.1 Å². The van der Waals surface area contributed by atoms with Gasteiger partial charge in [-0.15, -0.1) is 11.8 Å². The molecule has 0 N–H and O–H groups in total. The van der Waals surface area contributed by atoms with Gasteiger partial charge >= 0.3 is 0 Å². The van der Waals surface area contributed by atoms with E-state index >= 15 is 0 Å². The van der Waals surface area contributed by atoms with Crippen LogP contribution in [0.3, 0.4) is 0 Å². The SMILES string of the molecule is CC(C)OCCN1CCN(CCC#CCC(C)(C)C)CC1. The Kier molecular flexibility index (Phi) is 8.33. The molecule has 0 bridgehead atoms. The Morgan fingerprint density at radius 2 is 1.52 bits per heavy atom. The fraction of sp³-hybridized carbons (Fsp3) is 0.889. The lowest BCUT2D eigenvalue weighted by Crippen LogP contribution is -2.47. The molecular weight excluding hydrogens is 260 g/mol. The Bertz CT molecular complexity index is 327. The van der Waals surface area contributed by atoms with E-state index < -0.39 is 0 Å². The highest BCUT2D eigenvalue weighted by atomic mass is 16.5. The van der Waals surface area contributed by atoms with Crippen LogP contribution in [-0.2, 0) is 4.74 Å². The molecule has 1 heterocycles. The zero-order valence-corrected chi connectivity index (χ0v) is 14.7.